The molecule has 0 spiro atoms. The van der Waals surface area contributed by atoms with Crippen LogP contribution < -0.4 is 5.32 Å². The van der Waals surface area contributed by atoms with Gasteiger partial charge in [0.25, 0.3) is 0 Å². The SMILES string of the molecule is N#Cc1cc(CNc2ccc(Cl)c(Br)c2)ccn1. The van der Waals surface area contributed by atoms with E-state index in [0.29, 0.717) is 17.3 Å². The van der Waals surface area contributed by atoms with E-state index < -0.39 is 0 Å². The van der Waals surface area contributed by atoms with Crippen LogP contribution in [0.25, 0.3) is 0 Å². The smallest absolute Gasteiger partial charge is 0.140 e. The molecule has 0 aliphatic rings. The Morgan fingerprint density at radius 3 is 2.89 bits per heavy atom. The predicted molar refractivity (Wildman–Crippen MR) is 75.4 cm³/mol. The first-order valence-electron chi connectivity index (χ1n) is 5.23. The summed E-state index contributed by atoms with van der Waals surface area (Å²) in [6, 6.07) is 11.3. The number of halogens is 2. The van der Waals surface area contributed by atoms with Crippen molar-refractivity contribution in [2.24, 2.45) is 0 Å². The number of hydrogen-bond acceptors (Lipinski definition) is 3. The Bertz CT molecular complexity index is 607. The van der Waals surface area contributed by atoms with Gasteiger partial charge in [-0.15, -0.1) is 0 Å². The number of nitriles is 1. The highest BCUT2D eigenvalue weighted by Crippen LogP contribution is 2.25. The van der Waals surface area contributed by atoms with E-state index in [0.717, 1.165) is 15.7 Å². The molecule has 1 N–H and O–H groups in total. The number of aromatic nitrogens is 1. The van der Waals surface area contributed by atoms with Gasteiger partial charge in [-0.2, -0.15) is 5.26 Å². The van der Waals surface area contributed by atoms with Crippen molar-refractivity contribution >= 4 is 33.2 Å². The van der Waals surface area contributed by atoms with Crippen LogP contribution in [-0.2, 0) is 6.54 Å². The van der Waals surface area contributed by atoms with Gasteiger partial charge < -0.3 is 5.32 Å². The van der Waals surface area contributed by atoms with Crippen molar-refractivity contribution in [3.05, 3.63) is 57.3 Å². The van der Waals surface area contributed by atoms with Crippen molar-refractivity contribution in [1.82, 2.24) is 4.98 Å². The molecule has 0 bridgehead atoms. The molecule has 1 aromatic heterocycles. The minimum atomic E-state index is 0.423. The zero-order valence-electron chi connectivity index (χ0n) is 9.32. The lowest BCUT2D eigenvalue weighted by atomic mass is 10.2. The third-order valence-corrected chi connectivity index (χ3v) is 3.57. The zero-order valence-corrected chi connectivity index (χ0v) is 11.7. The molecule has 2 rings (SSSR count). The van der Waals surface area contributed by atoms with Gasteiger partial charge in [0.1, 0.15) is 11.8 Å². The molecule has 1 aromatic carbocycles. The summed E-state index contributed by atoms with van der Waals surface area (Å²) in [4.78, 5) is 3.92. The van der Waals surface area contributed by atoms with Crippen LogP contribution in [-0.4, -0.2) is 4.98 Å². The van der Waals surface area contributed by atoms with Crippen LogP contribution in [0.2, 0.25) is 5.02 Å². The fourth-order valence-electron chi connectivity index (χ4n) is 1.46. The molecule has 90 valence electrons. The zero-order chi connectivity index (χ0) is 13.0. The second-order valence-electron chi connectivity index (χ2n) is 3.64. The van der Waals surface area contributed by atoms with E-state index >= 15 is 0 Å². The molecule has 0 aliphatic heterocycles. The van der Waals surface area contributed by atoms with Crippen LogP contribution in [0.15, 0.2) is 41.0 Å². The number of nitrogens with one attached hydrogen (secondary N) is 1. The Kier molecular flexibility index (Phi) is 4.19. The first kappa shape index (κ1) is 12.9. The second-order valence-corrected chi connectivity index (χ2v) is 4.91. The fraction of sp³-hybridized carbons (Fsp3) is 0.0769. The summed E-state index contributed by atoms with van der Waals surface area (Å²) in [6.07, 6.45) is 1.63. The maximum atomic E-state index is 8.76. The number of nitrogens with zero attached hydrogens (tertiary/aromatic N) is 2. The quantitative estimate of drug-likeness (QED) is 0.930. The number of rotatable bonds is 3. The lowest BCUT2D eigenvalue weighted by Crippen LogP contribution is -2.00. The largest absolute Gasteiger partial charge is 0.381 e. The van der Waals surface area contributed by atoms with Gasteiger partial charge in [0, 0.05) is 22.9 Å². The Hall–Kier alpha value is -1.57. The normalized spacial score (nSPS) is 9.83. The molecule has 1 heterocycles. The number of pyridine rings is 1. The molecular formula is C13H9BrClN3. The van der Waals surface area contributed by atoms with Crippen molar-refractivity contribution in [1.29, 1.82) is 5.26 Å². The van der Waals surface area contributed by atoms with Gasteiger partial charge in [-0.3, -0.25) is 0 Å². The highest BCUT2D eigenvalue weighted by molar-refractivity contribution is 9.10. The Morgan fingerprint density at radius 1 is 1.33 bits per heavy atom. The summed E-state index contributed by atoms with van der Waals surface area (Å²) in [5.74, 6) is 0. The van der Waals surface area contributed by atoms with Crippen LogP contribution in [0.3, 0.4) is 0 Å². The van der Waals surface area contributed by atoms with Crippen LogP contribution in [0.5, 0.6) is 0 Å². The van der Waals surface area contributed by atoms with Crippen LogP contribution >= 0.6 is 27.5 Å². The van der Waals surface area contributed by atoms with Gasteiger partial charge in [0.05, 0.1) is 5.02 Å². The van der Waals surface area contributed by atoms with E-state index in [1.807, 2.05) is 30.3 Å². The van der Waals surface area contributed by atoms with E-state index in [4.69, 9.17) is 16.9 Å². The maximum Gasteiger partial charge on any atom is 0.140 e. The summed E-state index contributed by atoms with van der Waals surface area (Å²) in [6.45, 7) is 0.630. The van der Waals surface area contributed by atoms with E-state index in [1.54, 1.807) is 12.3 Å². The summed E-state index contributed by atoms with van der Waals surface area (Å²) in [5, 5.41) is 12.7. The highest BCUT2D eigenvalue weighted by atomic mass is 79.9. The monoisotopic (exact) mass is 321 g/mol. The number of anilines is 1. The molecule has 0 saturated heterocycles. The van der Waals surface area contributed by atoms with E-state index in [1.165, 1.54) is 0 Å². The summed E-state index contributed by atoms with van der Waals surface area (Å²) in [7, 11) is 0. The average Bonchev–Trinajstić information content (AvgIpc) is 2.40. The minimum Gasteiger partial charge on any atom is -0.381 e. The predicted octanol–water partition coefficient (Wildman–Crippen LogP) is 3.98. The molecule has 0 aliphatic carbocycles. The molecule has 0 fully saturated rings. The van der Waals surface area contributed by atoms with E-state index in [9.17, 15) is 0 Å². The topological polar surface area (TPSA) is 48.7 Å². The van der Waals surface area contributed by atoms with Crippen molar-refractivity contribution in [3.8, 4) is 6.07 Å². The maximum absolute atomic E-state index is 8.76. The summed E-state index contributed by atoms with van der Waals surface area (Å²) in [5.41, 5.74) is 2.39. The van der Waals surface area contributed by atoms with Gasteiger partial charge >= 0.3 is 0 Å². The minimum absolute atomic E-state index is 0.423. The summed E-state index contributed by atoms with van der Waals surface area (Å²) < 4.78 is 0.849. The van der Waals surface area contributed by atoms with Gasteiger partial charge in [0.2, 0.25) is 0 Å². The first-order chi connectivity index (χ1) is 8.69. The molecule has 0 amide bonds. The lowest BCUT2D eigenvalue weighted by molar-refractivity contribution is 1.11. The lowest BCUT2D eigenvalue weighted by Gasteiger charge is -2.07. The fourth-order valence-corrected chi connectivity index (χ4v) is 1.95. The first-order valence-corrected chi connectivity index (χ1v) is 6.40. The van der Waals surface area contributed by atoms with E-state index in [2.05, 4.69) is 26.2 Å². The van der Waals surface area contributed by atoms with Gasteiger partial charge in [0.15, 0.2) is 0 Å². The van der Waals surface area contributed by atoms with Crippen molar-refractivity contribution in [2.45, 2.75) is 6.54 Å². The Labute approximate surface area is 119 Å². The molecule has 0 atom stereocenters. The van der Waals surface area contributed by atoms with Crippen LogP contribution in [0.4, 0.5) is 5.69 Å². The van der Waals surface area contributed by atoms with E-state index in [-0.39, 0.29) is 0 Å². The summed E-state index contributed by atoms with van der Waals surface area (Å²) >= 11 is 9.29. The van der Waals surface area contributed by atoms with Crippen molar-refractivity contribution in [2.75, 3.05) is 5.32 Å². The van der Waals surface area contributed by atoms with Gasteiger partial charge in [-0.25, -0.2) is 4.98 Å². The van der Waals surface area contributed by atoms with Gasteiger partial charge in [-0.05, 0) is 51.8 Å². The van der Waals surface area contributed by atoms with Crippen molar-refractivity contribution in [3.63, 3.8) is 0 Å². The Balaban J connectivity index is 2.07. The standard InChI is InChI=1S/C13H9BrClN3/c14-12-6-10(1-2-13(12)15)18-8-9-3-4-17-11(5-9)7-16/h1-6,18H,8H2. The van der Waals surface area contributed by atoms with Crippen molar-refractivity contribution < 1.29 is 0 Å². The Morgan fingerprint density at radius 2 is 2.17 bits per heavy atom. The van der Waals surface area contributed by atoms with Crippen LogP contribution in [0, 0.1) is 11.3 Å². The molecule has 0 radical (unpaired) electrons. The molecular weight excluding hydrogens is 314 g/mol. The molecule has 2 aromatic rings. The van der Waals surface area contributed by atoms with Crippen LogP contribution in [0.1, 0.15) is 11.3 Å². The third-order valence-electron chi connectivity index (χ3n) is 2.36. The molecule has 3 nitrogen and oxygen atoms in total. The average molecular weight is 323 g/mol. The second kappa shape index (κ2) is 5.85. The molecule has 0 saturated carbocycles. The number of hydrogen-bond donors (Lipinski definition) is 1. The molecule has 5 heteroatoms. The molecule has 0 unspecified atom stereocenters. The van der Waals surface area contributed by atoms with Gasteiger partial charge in [-0.1, -0.05) is 11.6 Å². The molecule has 18 heavy (non-hydrogen) atoms. The number of benzene rings is 1. The highest BCUT2D eigenvalue weighted by Gasteiger charge is 2.00. The third kappa shape index (κ3) is 3.22.